The summed E-state index contributed by atoms with van der Waals surface area (Å²) in [7, 11) is 1.93. The molecule has 3 heterocycles. The quantitative estimate of drug-likeness (QED) is 0.419. The van der Waals surface area contributed by atoms with Crippen LogP contribution in [-0.4, -0.2) is 14.8 Å². The number of thiophene rings is 1. The summed E-state index contributed by atoms with van der Waals surface area (Å²) < 4.78 is 3.07. The highest BCUT2D eigenvalue weighted by Crippen LogP contribution is 2.28. The fourth-order valence-corrected chi connectivity index (χ4v) is 4.16. The second-order valence-corrected chi connectivity index (χ2v) is 7.76. The van der Waals surface area contributed by atoms with Crippen LogP contribution in [0.2, 0.25) is 0 Å². The molecule has 4 nitrogen and oxygen atoms in total. The number of aryl methyl sites for hydroxylation is 1. The number of nitrogens with zero attached hydrogens (tertiary/aromatic N) is 3. The highest BCUT2D eigenvalue weighted by Gasteiger charge is 2.06. The largest absolute Gasteiger partial charge is 0.340 e. The molecule has 136 valence electrons. The number of pyridine rings is 1. The Labute approximate surface area is 166 Å². The average Bonchev–Trinajstić information content (AvgIpc) is 3.35. The van der Waals surface area contributed by atoms with Gasteiger partial charge in [-0.25, -0.2) is 4.98 Å². The number of hydrogen-bond acceptors (Lipinski definition) is 4. The van der Waals surface area contributed by atoms with E-state index < -0.39 is 0 Å². The van der Waals surface area contributed by atoms with Gasteiger partial charge in [0.15, 0.2) is 0 Å². The van der Waals surface area contributed by atoms with Crippen molar-refractivity contribution in [2.45, 2.75) is 0 Å². The molecule has 0 spiro atoms. The van der Waals surface area contributed by atoms with Crippen LogP contribution in [0.5, 0.6) is 0 Å². The molecule has 1 N–H and O–H groups in total. The fraction of sp³-hybridized carbons (Fsp3) is 0.0435. The summed E-state index contributed by atoms with van der Waals surface area (Å²) in [4.78, 5) is 4.55. The van der Waals surface area contributed by atoms with Crippen LogP contribution < -0.4 is 5.32 Å². The van der Waals surface area contributed by atoms with Gasteiger partial charge in [0, 0.05) is 40.8 Å². The lowest BCUT2D eigenvalue weighted by molar-refractivity contribution is 0.768. The number of nitrogens with one attached hydrogen (secondary N) is 1. The van der Waals surface area contributed by atoms with E-state index in [0.29, 0.717) is 0 Å². The molecule has 0 aliphatic carbocycles. The fourth-order valence-electron chi connectivity index (χ4n) is 3.33. The molecule has 0 atom stereocenters. The van der Waals surface area contributed by atoms with Gasteiger partial charge in [-0.3, -0.25) is 4.68 Å². The summed E-state index contributed by atoms with van der Waals surface area (Å²) >= 11 is 1.74. The van der Waals surface area contributed by atoms with Crippen molar-refractivity contribution in [1.29, 1.82) is 0 Å². The topological polar surface area (TPSA) is 42.7 Å². The number of aromatic nitrogens is 3. The summed E-state index contributed by atoms with van der Waals surface area (Å²) in [6.45, 7) is 4.20. The van der Waals surface area contributed by atoms with E-state index in [0.717, 1.165) is 39.0 Å². The molecule has 0 aliphatic heterocycles. The second kappa shape index (κ2) is 6.62. The molecule has 0 bridgehead atoms. The second-order valence-electron chi connectivity index (χ2n) is 6.81. The summed E-state index contributed by atoms with van der Waals surface area (Å²) in [5, 5.41) is 13.2. The SMILES string of the molecule is C=C(Nc1cc2cc(-c3cnn(C)c3)ccc2cn1)c1ccc2ccsc2c1. The number of anilines is 1. The Morgan fingerprint density at radius 3 is 2.71 bits per heavy atom. The van der Waals surface area contributed by atoms with Crippen molar-refractivity contribution in [3.05, 3.63) is 84.6 Å². The molecule has 0 fully saturated rings. The van der Waals surface area contributed by atoms with Crippen LogP contribution in [0.15, 0.2) is 79.1 Å². The molecule has 3 aromatic heterocycles. The molecule has 5 rings (SSSR count). The first kappa shape index (κ1) is 16.7. The van der Waals surface area contributed by atoms with E-state index in [1.165, 1.54) is 10.1 Å². The smallest absolute Gasteiger partial charge is 0.130 e. The van der Waals surface area contributed by atoms with Gasteiger partial charge in [-0.05, 0) is 51.5 Å². The Hall–Kier alpha value is -3.44. The Balaban J connectivity index is 1.45. The zero-order chi connectivity index (χ0) is 19.1. The zero-order valence-corrected chi connectivity index (χ0v) is 16.2. The lowest BCUT2D eigenvalue weighted by Crippen LogP contribution is -1.99. The predicted octanol–water partition coefficient (Wildman–Crippen LogP) is 5.93. The van der Waals surface area contributed by atoms with E-state index in [2.05, 4.69) is 75.9 Å². The van der Waals surface area contributed by atoms with Gasteiger partial charge in [-0.2, -0.15) is 5.10 Å². The molecule has 5 aromatic rings. The van der Waals surface area contributed by atoms with Gasteiger partial charge in [0.2, 0.25) is 0 Å². The normalized spacial score (nSPS) is 11.2. The van der Waals surface area contributed by atoms with Gasteiger partial charge < -0.3 is 5.32 Å². The maximum absolute atomic E-state index is 4.55. The van der Waals surface area contributed by atoms with Crippen molar-refractivity contribution in [2.75, 3.05) is 5.32 Å². The third kappa shape index (κ3) is 3.06. The van der Waals surface area contributed by atoms with Gasteiger partial charge in [0.05, 0.1) is 6.20 Å². The van der Waals surface area contributed by atoms with E-state index in [4.69, 9.17) is 0 Å². The van der Waals surface area contributed by atoms with Crippen LogP contribution in [-0.2, 0) is 7.05 Å². The van der Waals surface area contributed by atoms with Crippen molar-refractivity contribution in [2.24, 2.45) is 7.05 Å². The summed E-state index contributed by atoms with van der Waals surface area (Å²) in [5.41, 5.74) is 4.15. The first-order valence-corrected chi connectivity index (χ1v) is 9.86. The van der Waals surface area contributed by atoms with Gasteiger partial charge in [-0.15, -0.1) is 11.3 Å². The van der Waals surface area contributed by atoms with Crippen LogP contribution in [0.3, 0.4) is 0 Å². The van der Waals surface area contributed by atoms with Crippen LogP contribution in [0.1, 0.15) is 5.56 Å². The minimum Gasteiger partial charge on any atom is -0.340 e. The highest BCUT2D eigenvalue weighted by atomic mass is 32.1. The minimum absolute atomic E-state index is 0.784. The first-order valence-electron chi connectivity index (χ1n) is 8.98. The molecular formula is C23H18N4S. The Morgan fingerprint density at radius 2 is 1.86 bits per heavy atom. The van der Waals surface area contributed by atoms with Crippen molar-refractivity contribution in [3.8, 4) is 11.1 Å². The van der Waals surface area contributed by atoms with Gasteiger partial charge >= 0.3 is 0 Å². The number of benzene rings is 2. The molecule has 2 aromatic carbocycles. The molecular weight excluding hydrogens is 364 g/mol. The molecule has 0 unspecified atom stereocenters. The van der Waals surface area contributed by atoms with E-state index >= 15 is 0 Å². The van der Waals surface area contributed by atoms with E-state index in [-0.39, 0.29) is 0 Å². The molecule has 0 aliphatic rings. The van der Waals surface area contributed by atoms with Gasteiger partial charge in [-0.1, -0.05) is 30.8 Å². The summed E-state index contributed by atoms with van der Waals surface area (Å²) in [5.74, 6) is 0.784. The third-order valence-electron chi connectivity index (χ3n) is 4.84. The third-order valence-corrected chi connectivity index (χ3v) is 5.72. The maximum Gasteiger partial charge on any atom is 0.130 e. The number of rotatable bonds is 4. The molecule has 0 saturated heterocycles. The first-order chi connectivity index (χ1) is 13.7. The zero-order valence-electron chi connectivity index (χ0n) is 15.4. The monoisotopic (exact) mass is 382 g/mol. The number of fused-ring (bicyclic) bond motifs is 2. The molecule has 0 amide bonds. The van der Waals surface area contributed by atoms with Gasteiger partial charge in [0.1, 0.15) is 5.82 Å². The Bertz CT molecular complexity index is 1330. The molecule has 0 saturated carbocycles. The molecule has 28 heavy (non-hydrogen) atoms. The van der Waals surface area contributed by atoms with Crippen molar-refractivity contribution in [3.63, 3.8) is 0 Å². The van der Waals surface area contributed by atoms with Crippen LogP contribution in [0.4, 0.5) is 5.82 Å². The van der Waals surface area contributed by atoms with Crippen LogP contribution >= 0.6 is 11.3 Å². The molecule has 0 radical (unpaired) electrons. The van der Waals surface area contributed by atoms with Gasteiger partial charge in [0.25, 0.3) is 0 Å². The molecule has 5 heteroatoms. The standard InChI is InChI=1S/C23H18N4S/c1-15(17-4-3-16-7-8-28-22(16)10-17)26-23-11-20-9-18(5-6-19(20)12-24-23)21-13-25-27(2)14-21/h3-14H,1H2,2H3,(H,24,26). The Morgan fingerprint density at radius 1 is 0.964 bits per heavy atom. The average molecular weight is 382 g/mol. The predicted molar refractivity (Wildman–Crippen MR) is 118 cm³/mol. The van der Waals surface area contributed by atoms with Crippen molar-refractivity contribution < 1.29 is 0 Å². The minimum atomic E-state index is 0.784. The lowest BCUT2D eigenvalue weighted by atomic mass is 10.0. The summed E-state index contributed by atoms with van der Waals surface area (Å²) in [6, 6.07) is 16.9. The Kier molecular flexibility index (Phi) is 3.95. The number of hydrogen-bond donors (Lipinski definition) is 1. The van der Waals surface area contributed by atoms with Crippen LogP contribution in [0.25, 0.3) is 37.7 Å². The van der Waals surface area contributed by atoms with E-state index in [1.807, 2.05) is 30.3 Å². The lowest BCUT2D eigenvalue weighted by Gasteiger charge is -2.10. The van der Waals surface area contributed by atoms with Crippen molar-refractivity contribution >= 4 is 43.7 Å². The maximum atomic E-state index is 4.55. The highest BCUT2D eigenvalue weighted by molar-refractivity contribution is 7.17. The van der Waals surface area contributed by atoms with E-state index in [1.54, 1.807) is 11.3 Å². The van der Waals surface area contributed by atoms with Crippen molar-refractivity contribution in [1.82, 2.24) is 14.8 Å². The summed E-state index contributed by atoms with van der Waals surface area (Å²) in [6.07, 6.45) is 5.79. The van der Waals surface area contributed by atoms with E-state index in [9.17, 15) is 0 Å². The van der Waals surface area contributed by atoms with Crippen LogP contribution in [0, 0.1) is 0 Å².